The minimum atomic E-state index is -1.12. The van der Waals surface area contributed by atoms with E-state index in [0.29, 0.717) is 0 Å². The van der Waals surface area contributed by atoms with E-state index in [2.05, 4.69) is 9.78 Å². The predicted molar refractivity (Wildman–Crippen MR) is 46.1 cm³/mol. The van der Waals surface area contributed by atoms with Gasteiger partial charge in [0.05, 0.1) is 4.92 Å². The summed E-state index contributed by atoms with van der Waals surface area (Å²) in [6.07, 6.45) is 0. The fourth-order valence-electron chi connectivity index (χ4n) is 0.704. The highest BCUT2D eigenvalue weighted by molar-refractivity contribution is 6.61. The summed E-state index contributed by atoms with van der Waals surface area (Å²) in [4.78, 5) is 28.2. The molecule has 1 rings (SSSR count). The van der Waals surface area contributed by atoms with Crippen molar-refractivity contribution in [2.45, 2.75) is 0 Å². The van der Waals surface area contributed by atoms with Crippen LogP contribution in [-0.2, 0) is 4.89 Å². The number of halogens is 1. The topological polar surface area (TPSA) is 78.7 Å². The molecule has 0 spiro atoms. The van der Waals surface area contributed by atoms with Crippen molar-refractivity contribution in [2.75, 3.05) is 0 Å². The van der Waals surface area contributed by atoms with Gasteiger partial charge in [0.15, 0.2) is 5.75 Å². The zero-order valence-corrected chi connectivity index (χ0v) is 7.43. The van der Waals surface area contributed by atoms with Gasteiger partial charge >= 0.3 is 5.43 Å². The van der Waals surface area contributed by atoms with E-state index in [-0.39, 0.29) is 11.4 Å². The zero-order chi connectivity index (χ0) is 10.6. The highest BCUT2D eigenvalue weighted by Crippen LogP contribution is 2.17. The number of hydrogen-bond donors (Lipinski definition) is 0. The van der Waals surface area contributed by atoms with Crippen LogP contribution in [0, 0.1) is 10.1 Å². The van der Waals surface area contributed by atoms with Gasteiger partial charge in [0.1, 0.15) is 0 Å². The number of hydrogen-bond acceptors (Lipinski definition) is 5. The molecule has 0 unspecified atom stereocenters. The van der Waals surface area contributed by atoms with Crippen LogP contribution in [0.15, 0.2) is 24.3 Å². The maximum Gasteiger partial charge on any atom is 0.448 e. The third-order valence-electron chi connectivity index (χ3n) is 1.25. The maximum absolute atomic E-state index is 10.2. The van der Waals surface area contributed by atoms with E-state index < -0.39 is 10.4 Å². The molecule has 1 aromatic carbocycles. The molecule has 0 aliphatic heterocycles. The van der Waals surface area contributed by atoms with E-state index in [4.69, 9.17) is 11.6 Å². The molecular formula is C7H4ClNO5. The monoisotopic (exact) mass is 217 g/mol. The summed E-state index contributed by atoms with van der Waals surface area (Å²) in [5.74, 6) is 0.143. The summed E-state index contributed by atoms with van der Waals surface area (Å²) in [5, 5.41) is 10.2. The normalized spacial score (nSPS) is 9.21. The fraction of sp³-hybridized carbons (Fsp3) is 0. The third-order valence-corrected chi connectivity index (χ3v) is 1.31. The van der Waals surface area contributed by atoms with E-state index in [9.17, 15) is 14.9 Å². The van der Waals surface area contributed by atoms with Crippen molar-refractivity contribution < 1.29 is 19.5 Å². The van der Waals surface area contributed by atoms with Gasteiger partial charge < -0.3 is 0 Å². The molecule has 0 aliphatic rings. The molecule has 74 valence electrons. The van der Waals surface area contributed by atoms with Gasteiger partial charge in [-0.1, -0.05) is 0 Å². The molecule has 0 atom stereocenters. The highest BCUT2D eigenvalue weighted by atomic mass is 35.5. The van der Waals surface area contributed by atoms with E-state index in [0.717, 1.165) is 0 Å². The van der Waals surface area contributed by atoms with Crippen LogP contribution in [0.2, 0.25) is 0 Å². The Balaban J connectivity index is 2.64. The van der Waals surface area contributed by atoms with Gasteiger partial charge in [-0.05, 0) is 12.1 Å². The average molecular weight is 218 g/mol. The molecule has 0 radical (unpaired) electrons. The molecule has 0 heterocycles. The SMILES string of the molecule is O=C(Cl)OOc1ccc([N+](=O)[O-])cc1. The van der Waals surface area contributed by atoms with E-state index in [1.54, 1.807) is 0 Å². The number of carbonyl (C=O) groups excluding carboxylic acids is 1. The van der Waals surface area contributed by atoms with Crippen molar-refractivity contribution in [1.82, 2.24) is 0 Å². The first kappa shape index (κ1) is 10.3. The lowest BCUT2D eigenvalue weighted by atomic mass is 10.3. The molecule has 0 amide bonds. The smallest absolute Gasteiger partial charge is 0.286 e. The van der Waals surface area contributed by atoms with Gasteiger partial charge in [0.2, 0.25) is 0 Å². The molecule has 0 saturated heterocycles. The summed E-state index contributed by atoms with van der Waals surface area (Å²) >= 11 is 4.82. The number of nitrogens with zero attached hydrogens (tertiary/aromatic N) is 1. The second-order valence-electron chi connectivity index (χ2n) is 2.16. The lowest BCUT2D eigenvalue weighted by Crippen LogP contribution is -1.98. The Morgan fingerprint density at radius 1 is 1.36 bits per heavy atom. The standard InChI is InChI=1S/C7H4ClNO5/c8-7(10)14-13-6-3-1-5(2-4-6)9(11)12/h1-4H. The molecule has 0 aliphatic carbocycles. The molecule has 0 saturated carbocycles. The first-order chi connectivity index (χ1) is 6.59. The van der Waals surface area contributed by atoms with Gasteiger partial charge in [-0.25, -0.2) is 9.68 Å². The Morgan fingerprint density at radius 2 is 1.93 bits per heavy atom. The summed E-state index contributed by atoms with van der Waals surface area (Å²) < 4.78 is 0. The highest BCUT2D eigenvalue weighted by Gasteiger charge is 2.05. The molecule has 7 heteroatoms. The van der Waals surface area contributed by atoms with Crippen molar-refractivity contribution in [3.8, 4) is 5.75 Å². The summed E-state index contributed by atoms with van der Waals surface area (Å²) in [6, 6.07) is 4.96. The Bertz CT molecular complexity index is 350. The Hall–Kier alpha value is -1.82. The van der Waals surface area contributed by atoms with Crippen molar-refractivity contribution in [3.05, 3.63) is 34.4 Å². The molecule has 14 heavy (non-hydrogen) atoms. The second kappa shape index (κ2) is 4.43. The van der Waals surface area contributed by atoms with Crippen LogP contribution in [-0.4, -0.2) is 10.4 Å². The minimum Gasteiger partial charge on any atom is -0.286 e. The average Bonchev–Trinajstić information content (AvgIpc) is 2.15. The van der Waals surface area contributed by atoms with Crippen LogP contribution < -0.4 is 4.89 Å². The molecule has 0 fully saturated rings. The second-order valence-corrected chi connectivity index (χ2v) is 2.46. The summed E-state index contributed by atoms with van der Waals surface area (Å²) in [6.45, 7) is 0. The Labute approximate surface area is 83.1 Å². The molecule has 0 aromatic heterocycles. The van der Waals surface area contributed by atoms with Crippen LogP contribution >= 0.6 is 11.6 Å². The van der Waals surface area contributed by atoms with Crippen LogP contribution in [0.1, 0.15) is 0 Å². The third kappa shape index (κ3) is 2.91. The van der Waals surface area contributed by atoms with Gasteiger partial charge in [-0.15, -0.1) is 0 Å². The molecule has 6 nitrogen and oxygen atoms in total. The fourth-order valence-corrected chi connectivity index (χ4v) is 0.736. The molecule has 0 bridgehead atoms. The number of non-ortho nitro benzene ring substituents is 1. The number of nitro groups is 1. The molecule has 1 aromatic rings. The zero-order valence-electron chi connectivity index (χ0n) is 6.68. The number of carbonyl (C=O) groups is 1. The van der Waals surface area contributed by atoms with E-state index in [1.807, 2.05) is 0 Å². The van der Waals surface area contributed by atoms with Crippen LogP contribution in [0.25, 0.3) is 0 Å². The number of nitro benzene ring substituents is 1. The van der Waals surface area contributed by atoms with Gasteiger partial charge in [-0.3, -0.25) is 15.0 Å². The van der Waals surface area contributed by atoms with Crippen molar-refractivity contribution >= 4 is 22.7 Å². The number of rotatable bonds is 3. The van der Waals surface area contributed by atoms with Crippen molar-refractivity contribution in [2.24, 2.45) is 0 Å². The lowest BCUT2D eigenvalue weighted by molar-refractivity contribution is -0.384. The Kier molecular flexibility index (Phi) is 3.24. The van der Waals surface area contributed by atoms with Crippen LogP contribution in [0.5, 0.6) is 5.75 Å². The summed E-state index contributed by atoms with van der Waals surface area (Å²) in [7, 11) is 0. The largest absolute Gasteiger partial charge is 0.448 e. The first-order valence-electron chi connectivity index (χ1n) is 3.38. The van der Waals surface area contributed by atoms with Gasteiger partial charge in [-0.2, -0.15) is 0 Å². The van der Waals surface area contributed by atoms with Crippen molar-refractivity contribution in [1.29, 1.82) is 0 Å². The lowest BCUT2D eigenvalue weighted by Gasteiger charge is -1.99. The minimum absolute atomic E-state index is 0.0884. The van der Waals surface area contributed by atoms with E-state index in [1.165, 1.54) is 24.3 Å². The molecular weight excluding hydrogens is 214 g/mol. The summed E-state index contributed by atoms with van der Waals surface area (Å²) in [5.41, 5.74) is -1.21. The van der Waals surface area contributed by atoms with Crippen LogP contribution in [0.3, 0.4) is 0 Å². The molecule has 0 N–H and O–H groups in total. The first-order valence-corrected chi connectivity index (χ1v) is 3.76. The quantitative estimate of drug-likeness (QED) is 0.336. The predicted octanol–water partition coefficient (Wildman–Crippen LogP) is 2.26. The Morgan fingerprint density at radius 3 is 2.36 bits per heavy atom. The van der Waals surface area contributed by atoms with Crippen molar-refractivity contribution in [3.63, 3.8) is 0 Å². The maximum atomic E-state index is 10.2. The van der Waals surface area contributed by atoms with E-state index >= 15 is 0 Å². The number of benzene rings is 1. The van der Waals surface area contributed by atoms with Gasteiger partial charge in [0, 0.05) is 23.7 Å². The van der Waals surface area contributed by atoms with Crippen LogP contribution in [0.4, 0.5) is 10.5 Å². The van der Waals surface area contributed by atoms with Gasteiger partial charge in [0.25, 0.3) is 5.69 Å².